The molecule has 6 heteroatoms. The highest BCUT2D eigenvalue weighted by Crippen LogP contribution is 2.28. The zero-order chi connectivity index (χ0) is 26.6. The van der Waals surface area contributed by atoms with Gasteiger partial charge in [0.2, 0.25) is 0 Å². The third-order valence-corrected chi connectivity index (χ3v) is 5.75. The summed E-state index contributed by atoms with van der Waals surface area (Å²) < 4.78 is 0. The molecule has 1 saturated carbocycles. The molecular weight excluding hydrogens is 450 g/mol. The van der Waals surface area contributed by atoms with E-state index in [4.69, 9.17) is 14.5 Å². The molecule has 1 aliphatic rings. The molecule has 1 aromatic rings. The van der Waals surface area contributed by atoms with E-state index in [1.807, 2.05) is 30.3 Å². The fraction of sp³-hybridized carbons (Fsp3) is 0.700. The van der Waals surface area contributed by atoms with E-state index in [1.165, 1.54) is 31.4 Å². The summed E-state index contributed by atoms with van der Waals surface area (Å²) in [7, 11) is 4.81. The number of hydrogen-bond acceptors (Lipinski definition) is 6. The average molecular weight is 506 g/mol. The predicted octanol–water partition coefficient (Wildman–Crippen LogP) is 8.61. The first-order valence-corrected chi connectivity index (χ1v) is 13.1. The first-order chi connectivity index (χ1) is 16.7. The Morgan fingerprint density at radius 2 is 1.31 bits per heavy atom. The third kappa shape index (κ3) is 14.9. The van der Waals surface area contributed by atoms with Crippen LogP contribution < -0.4 is 0 Å². The van der Waals surface area contributed by atoms with Crippen LogP contribution in [0.2, 0.25) is 0 Å². The number of benzene rings is 1. The molecule has 1 aliphatic carbocycles. The van der Waals surface area contributed by atoms with Crippen molar-refractivity contribution in [3.63, 3.8) is 0 Å². The summed E-state index contributed by atoms with van der Waals surface area (Å²) in [5.41, 5.74) is 4.53. The maximum atomic E-state index is 4.87. The van der Waals surface area contributed by atoms with Gasteiger partial charge in [-0.15, -0.1) is 0 Å². The fourth-order valence-electron chi connectivity index (χ4n) is 3.99. The van der Waals surface area contributed by atoms with Gasteiger partial charge in [0.05, 0.1) is 17.1 Å². The van der Waals surface area contributed by atoms with Crippen LogP contribution in [-0.2, 0) is 14.5 Å². The summed E-state index contributed by atoms with van der Waals surface area (Å²) in [5, 5.41) is 12.1. The second kappa shape index (κ2) is 21.9. The van der Waals surface area contributed by atoms with E-state index in [-0.39, 0.29) is 7.43 Å². The molecule has 1 aromatic carbocycles. The molecule has 0 unspecified atom stereocenters. The maximum absolute atomic E-state index is 4.87. The van der Waals surface area contributed by atoms with Gasteiger partial charge in [0.1, 0.15) is 21.3 Å². The molecule has 0 amide bonds. The average Bonchev–Trinajstić information content (AvgIpc) is 3.36. The van der Waals surface area contributed by atoms with Gasteiger partial charge in [0.25, 0.3) is 0 Å². The van der Waals surface area contributed by atoms with E-state index >= 15 is 0 Å². The van der Waals surface area contributed by atoms with Crippen molar-refractivity contribution in [3.8, 4) is 0 Å². The van der Waals surface area contributed by atoms with Crippen LogP contribution in [0.5, 0.6) is 0 Å². The topological polar surface area (TPSA) is 64.8 Å². The molecule has 0 atom stereocenters. The van der Waals surface area contributed by atoms with Crippen molar-refractivity contribution in [2.45, 2.75) is 94.4 Å². The van der Waals surface area contributed by atoms with E-state index in [9.17, 15) is 0 Å². The lowest BCUT2D eigenvalue weighted by Gasteiger charge is -2.15. The summed E-state index contributed by atoms with van der Waals surface area (Å²) in [6.45, 7) is 15.0. The molecule has 0 spiro atoms. The van der Waals surface area contributed by atoms with Gasteiger partial charge in [-0.3, -0.25) is 0 Å². The molecule has 0 aromatic heterocycles. The number of nitrogens with zero attached hydrogens (tertiary/aromatic N) is 3. The van der Waals surface area contributed by atoms with Gasteiger partial charge in [-0.2, -0.15) is 0 Å². The Morgan fingerprint density at radius 1 is 0.778 bits per heavy atom. The summed E-state index contributed by atoms with van der Waals surface area (Å²) in [4.78, 5) is 14.4. The summed E-state index contributed by atoms with van der Waals surface area (Å²) in [6, 6.07) is 10.1. The Labute approximate surface area is 222 Å². The van der Waals surface area contributed by atoms with E-state index in [0.29, 0.717) is 23.7 Å². The van der Waals surface area contributed by atoms with Crippen molar-refractivity contribution in [3.05, 3.63) is 35.9 Å². The molecule has 0 radical (unpaired) electrons. The molecule has 0 heterocycles. The zero-order valence-corrected chi connectivity index (χ0v) is 24.0. The van der Waals surface area contributed by atoms with Gasteiger partial charge in [0, 0.05) is 5.92 Å². The van der Waals surface area contributed by atoms with Crippen molar-refractivity contribution in [1.82, 2.24) is 0 Å². The van der Waals surface area contributed by atoms with Gasteiger partial charge in [-0.05, 0) is 42.6 Å². The van der Waals surface area contributed by atoms with Crippen LogP contribution in [0.3, 0.4) is 0 Å². The largest absolute Gasteiger partial charge is 0.399 e. The molecule has 1 fully saturated rings. The predicted molar refractivity (Wildman–Crippen MR) is 157 cm³/mol. The highest BCUT2D eigenvalue weighted by atomic mass is 16.6. The van der Waals surface area contributed by atoms with Gasteiger partial charge >= 0.3 is 0 Å². The third-order valence-electron chi connectivity index (χ3n) is 5.75. The Hall–Kier alpha value is -2.37. The lowest BCUT2D eigenvalue weighted by molar-refractivity contribution is 0.208. The minimum Gasteiger partial charge on any atom is -0.399 e. The van der Waals surface area contributed by atoms with Gasteiger partial charge in [-0.25, -0.2) is 0 Å². The van der Waals surface area contributed by atoms with Crippen LogP contribution in [0.1, 0.15) is 100.0 Å². The number of rotatable bonds is 10. The normalized spacial score (nSPS) is 14.5. The van der Waals surface area contributed by atoms with Crippen molar-refractivity contribution in [2.75, 3.05) is 21.3 Å². The number of oxime groups is 3. The second-order valence-corrected chi connectivity index (χ2v) is 9.68. The number of hydrogen-bond donors (Lipinski definition) is 0. The van der Waals surface area contributed by atoms with Crippen molar-refractivity contribution < 1.29 is 14.5 Å². The molecule has 0 aliphatic heterocycles. The maximum Gasteiger partial charge on any atom is 0.106 e. The summed E-state index contributed by atoms with van der Waals surface area (Å²) in [6.07, 6.45) is 7.52. The van der Waals surface area contributed by atoms with E-state index in [1.54, 1.807) is 21.3 Å². The van der Waals surface area contributed by atoms with E-state index in [0.717, 1.165) is 29.8 Å². The van der Waals surface area contributed by atoms with Gasteiger partial charge in [0.15, 0.2) is 0 Å². The first kappa shape index (κ1) is 35.8. The van der Waals surface area contributed by atoms with Crippen LogP contribution >= 0.6 is 0 Å². The molecule has 0 saturated heterocycles. The van der Waals surface area contributed by atoms with Crippen LogP contribution in [0, 0.1) is 23.7 Å². The molecule has 0 N–H and O–H groups in total. The first-order valence-electron chi connectivity index (χ1n) is 13.1. The lowest BCUT2D eigenvalue weighted by atomic mass is 9.93. The van der Waals surface area contributed by atoms with Crippen LogP contribution in [0.25, 0.3) is 0 Å². The molecule has 0 bridgehead atoms. The van der Waals surface area contributed by atoms with Crippen molar-refractivity contribution in [2.24, 2.45) is 39.1 Å². The fourth-order valence-corrected chi connectivity index (χ4v) is 3.99. The Morgan fingerprint density at radius 3 is 1.69 bits per heavy atom. The van der Waals surface area contributed by atoms with E-state index < -0.39 is 0 Å². The monoisotopic (exact) mass is 505 g/mol. The smallest absolute Gasteiger partial charge is 0.106 e. The minimum atomic E-state index is 0. The van der Waals surface area contributed by atoms with Crippen molar-refractivity contribution >= 4 is 17.1 Å². The minimum absolute atomic E-state index is 0. The van der Waals surface area contributed by atoms with E-state index in [2.05, 4.69) is 63.9 Å². The summed E-state index contributed by atoms with van der Waals surface area (Å²) >= 11 is 0. The SMILES string of the molecule is C.CCC/C(=N\OC)C(C)C.CO/N=C(/C(C)C)C1CCCC1.CO/N=C(\c1ccccc1)C(C)C. The Bertz CT molecular complexity index is 735. The Kier molecular flexibility index (Phi) is 21.7. The standard InChI is InChI=1S/C11H15NO.C10H19NO.C8H17NO.CH4/c1-9(2)11(12-13-3)10-7-5-4-6-8-10;1-8(2)10(11-12-3)9-6-4-5-7-9;1-5-6-8(7(2)3)9-10-4;/h4-9H,1-3H3;8-9H,4-7H2,1-3H3;7H,5-6H2,1-4H3;1H4/b12-11-;11-10-;9-8+;. The molecule has 36 heavy (non-hydrogen) atoms. The van der Waals surface area contributed by atoms with Crippen LogP contribution in [0.15, 0.2) is 45.8 Å². The van der Waals surface area contributed by atoms with Gasteiger partial charge in [-0.1, -0.05) is 121 Å². The highest BCUT2D eigenvalue weighted by Gasteiger charge is 2.23. The highest BCUT2D eigenvalue weighted by molar-refractivity contribution is 6.01. The molecule has 2 rings (SSSR count). The molecule has 208 valence electrons. The lowest BCUT2D eigenvalue weighted by Crippen LogP contribution is -2.17. The van der Waals surface area contributed by atoms with Crippen LogP contribution in [-0.4, -0.2) is 38.5 Å². The zero-order valence-electron chi connectivity index (χ0n) is 24.0. The second-order valence-electron chi connectivity index (χ2n) is 9.68. The van der Waals surface area contributed by atoms with Crippen molar-refractivity contribution in [1.29, 1.82) is 0 Å². The van der Waals surface area contributed by atoms with Crippen LogP contribution in [0.4, 0.5) is 0 Å². The summed E-state index contributed by atoms with van der Waals surface area (Å²) in [5.74, 6) is 2.13. The molecular formula is C30H55N3O3. The van der Waals surface area contributed by atoms with Gasteiger partial charge < -0.3 is 14.5 Å². The quantitative estimate of drug-likeness (QED) is 0.236. The Balaban J connectivity index is 0. The molecule has 6 nitrogen and oxygen atoms in total.